The minimum atomic E-state index is -4.19. The van der Waals surface area contributed by atoms with Crippen LogP contribution in [0.4, 0.5) is 0 Å². The number of nitrogens with two attached hydrogens (primary N) is 1. The summed E-state index contributed by atoms with van der Waals surface area (Å²) in [6, 6.07) is 11.9. The van der Waals surface area contributed by atoms with E-state index < -0.39 is 41.5 Å². The van der Waals surface area contributed by atoms with E-state index in [4.69, 9.17) is 9.88 Å². The zero-order chi connectivity index (χ0) is 21.3. The minimum Gasteiger partial charge on any atom is -0.387 e. The first-order valence-electron chi connectivity index (χ1n) is 9.36. The Balaban J connectivity index is 1.55. The van der Waals surface area contributed by atoms with Gasteiger partial charge in [-0.2, -0.15) is 8.42 Å². The highest BCUT2D eigenvalue weighted by atomic mass is 32.2. The van der Waals surface area contributed by atoms with E-state index in [9.17, 15) is 18.6 Å². The molecule has 11 heteroatoms. The quantitative estimate of drug-likeness (QED) is 0.472. The van der Waals surface area contributed by atoms with Crippen molar-refractivity contribution in [1.82, 2.24) is 14.5 Å². The molecule has 1 aliphatic heterocycles. The first-order valence-corrected chi connectivity index (χ1v) is 10.8. The highest BCUT2D eigenvalue weighted by Gasteiger charge is 2.44. The van der Waals surface area contributed by atoms with Gasteiger partial charge in [-0.1, -0.05) is 30.3 Å². The third-order valence-corrected chi connectivity index (χ3v) is 5.56. The maximum atomic E-state index is 11.0. The molecule has 4 rings (SSSR count). The van der Waals surface area contributed by atoms with Gasteiger partial charge in [0, 0.05) is 11.6 Å². The van der Waals surface area contributed by atoms with E-state index in [0.29, 0.717) is 12.1 Å². The molecule has 4 N–H and O–H groups in total. The van der Waals surface area contributed by atoms with Crippen molar-refractivity contribution in [3.63, 3.8) is 0 Å². The molecule has 1 aromatic carbocycles. The molecule has 0 saturated carbocycles. The Labute approximate surface area is 173 Å². The van der Waals surface area contributed by atoms with E-state index in [-0.39, 0.29) is 0 Å². The lowest BCUT2D eigenvalue weighted by Gasteiger charge is -2.17. The molecule has 3 heterocycles. The lowest BCUT2D eigenvalue weighted by molar-refractivity contribution is -0.0464. The van der Waals surface area contributed by atoms with Crippen LogP contribution in [0, 0.1) is 0 Å². The average Bonchev–Trinajstić information content (AvgIpc) is 3.27. The Kier molecular flexibility index (Phi) is 5.82. The van der Waals surface area contributed by atoms with Crippen molar-refractivity contribution in [3.8, 4) is 0 Å². The molecule has 2 aromatic heterocycles. The van der Waals surface area contributed by atoms with E-state index in [2.05, 4.69) is 26.3 Å². The number of aliphatic hydroxyl groups excluding tert-OH is 2. The summed E-state index contributed by atoms with van der Waals surface area (Å²) in [5, 5.41) is 26.3. The zero-order valence-corrected chi connectivity index (χ0v) is 16.7. The number of hydrogen-bond donors (Lipinski definition) is 3. The zero-order valence-electron chi connectivity index (χ0n) is 15.9. The molecule has 3 aromatic rings. The van der Waals surface area contributed by atoms with Gasteiger partial charge in [-0.15, -0.1) is 0 Å². The van der Waals surface area contributed by atoms with E-state index in [1.54, 1.807) is 10.8 Å². The smallest absolute Gasteiger partial charge is 0.333 e. The SMILES string of the molecule is NS(=O)(=O)OC[C@H]1O[C@@H](n2ccc3c(CCc4ccccc4)ncnc32)[C@H](O)[C@@H]1O. The molecule has 0 radical (unpaired) electrons. The summed E-state index contributed by atoms with van der Waals surface area (Å²) < 4.78 is 33.7. The van der Waals surface area contributed by atoms with Gasteiger partial charge in [-0.3, -0.25) is 4.18 Å². The van der Waals surface area contributed by atoms with E-state index in [0.717, 1.165) is 17.5 Å². The minimum absolute atomic E-state index is 0.510. The predicted molar refractivity (Wildman–Crippen MR) is 106 cm³/mol. The molecule has 0 bridgehead atoms. The topological polar surface area (TPSA) is 150 Å². The predicted octanol–water partition coefficient (Wildman–Crippen LogP) is 0.0558. The van der Waals surface area contributed by atoms with Gasteiger partial charge in [0.15, 0.2) is 6.23 Å². The molecule has 0 spiro atoms. The van der Waals surface area contributed by atoms with Crippen LogP contribution in [-0.4, -0.2) is 58.1 Å². The molecular formula is C19H22N4O6S. The molecule has 1 fully saturated rings. The van der Waals surface area contributed by atoms with Crippen molar-refractivity contribution in [2.45, 2.75) is 37.4 Å². The Bertz CT molecular complexity index is 1120. The molecular weight excluding hydrogens is 412 g/mol. The number of aryl methyl sites for hydroxylation is 2. The van der Waals surface area contributed by atoms with Gasteiger partial charge < -0.3 is 19.5 Å². The maximum absolute atomic E-state index is 11.0. The number of hydrogen-bond acceptors (Lipinski definition) is 8. The molecule has 30 heavy (non-hydrogen) atoms. The van der Waals surface area contributed by atoms with Gasteiger partial charge in [-0.05, 0) is 24.5 Å². The largest absolute Gasteiger partial charge is 0.387 e. The molecule has 0 amide bonds. The molecule has 0 aliphatic carbocycles. The second-order valence-electron chi connectivity index (χ2n) is 7.09. The van der Waals surface area contributed by atoms with Crippen molar-refractivity contribution in [2.75, 3.05) is 6.61 Å². The van der Waals surface area contributed by atoms with E-state index in [1.807, 2.05) is 24.3 Å². The third kappa shape index (κ3) is 4.36. The lowest BCUT2D eigenvalue weighted by atomic mass is 10.1. The molecule has 1 saturated heterocycles. The fourth-order valence-corrected chi connectivity index (χ4v) is 3.92. The molecule has 4 atom stereocenters. The van der Waals surface area contributed by atoms with Crippen LogP contribution in [0.1, 0.15) is 17.5 Å². The Morgan fingerprint density at radius 3 is 2.60 bits per heavy atom. The number of aromatic nitrogens is 3. The van der Waals surface area contributed by atoms with E-state index in [1.165, 1.54) is 11.9 Å². The normalized spacial score (nSPS) is 24.5. The summed E-state index contributed by atoms with van der Waals surface area (Å²) in [6.45, 7) is -0.510. The maximum Gasteiger partial charge on any atom is 0.333 e. The van der Waals surface area contributed by atoms with Gasteiger partial charge in [0.05, 0.1) is 12.3 Å². The van der Waals surface area contributed by atoms with Gasteiger partial charge in [0.1, 0.15) is 30.3 Å². The lowest BCUT2D eigenvalue weighted by Crippen LogP contribution is -2.35. The summed E-state index contributed by atoms with van der Waals surface area (Å²) >= 11 is 0. The number of ether oxygens (including phenoxy) is 1. The second-order valence-corrected chi connectivity index (χ2v) is 8.31. The van der Waals surface area contributed by atoms with Crippen LogP contribution >= 0.6 is 0 Å². The summed E-state index contributed by atoms with van der Waals surface area (Å²) in [4.78, 5) is 8.69. The standard InChI is InChI=1S/C19H22N4O6S/c20-30(26,27)28-10-15-16(24)17(25)19(29-15)23-9-8-13-14(21-11-22-18(13)23)7-6-12-4-2-1-3-5-12/h1-5,8-9,11,15-17,19,24-25H,6-7,10H2,(H2,20,26,27)/t15-,16-,17-,19-/m1/s1. The summed E-state index contributed by atoms with van der Waals surface area (Å²) in [5.41, 5.74) is 2.58. The van der Waals surface area contributed by atoms with Crippen LogP contribution in [0.25, 0.3) is 11.0 Å². The summed E-state index contributed by atoms with van der Waals surface area (Å²) in [5.74, 6) is 0. The fourth-order valence-electron chi connectivity index (χ4n) is 3.59. The Morgan fingerprint density at radius 2 is 1.87 bits per heavy atom. The monoisotopic (exact) mass is 434 g/mol. The van der Waals surface area contributed by atoms with Crippen LogP contribution in [0.5, 0.6) is 0 Å². The first-order chi connectivity index (χ1) is 14.3. The van der Waals surface area contributed by atoms with Crippen LogP contribution in [0.15, 0.2) is 48.9 Å². The third-order valence-electron chi connectivity index (χ3n) is 5.09. The van der Waals surface area contributed by atoms with Crippen molar-refractivity contribution < 1.29 is 27.6 Å². The number of nitrogens with zero attached hydrogens (tertiary/aromatic N) is 3. The van der Waals surface area contributed by atoms with Crippen molar-refractivity contribution in [1.29, 1.82) is 0 Å². The van der Waals surface area contributed by atoms with Crippen molar-refractivity contribution in [3.05, 3.63) is 60.2 Å². The highest BCUT2D eigenvalue weighted by molar-refractivity contribution is 7.84. The van der Waals surface area contributed by atoms with Gasteiger partial charge >= 0.3 is 10.3 Å². The number of rotatable bonds is 7. The van der Waals surface area contributed by atoms with Crippen LogP contribution < -0.4 is 5.14 Å². The van der Waals surface area contributed by atoms with Gasteiger partial charge in [0.25, 0.3) is 0 Å². The molecule has 1 aliphatic rings. The molecule has 160 valence electrons. The van der Waals surface area contributed by atoms with Gasteiger partial charge in [-0.25, -0.2) is 15.1 Å². The fraction of sp³-hybridized carbons (Fsp3) is 0.368. The van der Waals surface area contributed by atoms with Crippen LogP contribution in [-0.2, 0) is 32.1 Å². The van der Waals surface area contributed by atoms with E-state index >= 15 is 0 Å². The second kappa shape index (κ2) is 8.38. The van der Waals surface area contributed by atoms with Crippen LogP contribution in [0.3, 0.4) is 0 Å². The van der Waals surface area contributed by atoms with Crippen molar-refractivity contribution in [2.24, 2.45) is 5.14 Å². The molecule has 0 unspecified atom stereocenters. The summed E-state index contributed by atoms with van der Waals surface area (Å²) in [7, 11) is -4.19. The first kappa shape index (κ1) is 20.8. The van der Waals surface area contributed by atoms with Gasteiger partial charge in [0.2, 0.25) is 0 Å². The summed E-state index contributed by atoms with van der Waals surface area (Å²) in [6.07, 6.45) is -0.0523. The number of aliphatic hydroxyl groups is 2. The highest BCUT2D eigenvalue weighted by Crippen LogP contribution is 2.32. The molecule has 10 nitrogen and oxygen atoms in total. The Hall–Kier alpha value is -2.41. The average molecular weight is 434 g/mol. The number of benzene rings is 1. The Morgan fingerprint density at radius 1 is 1.10 bits per heavy atom. The van der Waals surface area contributed by atoms with Crippen LogP contribution in [0.2, 0.25) is 0 Å². The number of fused-ring (bicyclic) bond motifs is 1. The van der Waals surface area contributed by atoms with Crippen molar-refractivity contribution >= 4 is 21.3 Å².